The van der Waals surface area contributed by atoms with E-state index in [-0.39, 0.29) is 12.2 Å². The Labute approximate surface area is 219 Å². The number of urea groups is 1. The number of ether oxygens (including phenoxy) is 2. The molecule has 0 bridgehead atoms. The molecule has 0 spiro atoms. The highest BCUT2D eigenvalue weighted by Gasteiger charge is 2.36. The Balaban J connectivity index is 1.72. The van der Waals surface area contributed by atoms with Gasteiger partial charge in [-0.2, -0.15) is 0 Å². The molecule has 4 rings (SSSR count). The number of hydrogen-bond donors (Lipinski definition) is 1. The zero-order valence-electron chi connectivity index (χ0n) is 20.2. The van der Waals surface area contributed by atoms with Crippen LogP contribution in [-0.2, 0) is 22.6 Å². The van der Waals surface area contributed by atoms with E-state index in [2.05, 4.69) is 11.9 Å². The molecule has 1 N–H and O–H groups in total. The fourth-order valence-electron chi connectivity index (χ4n) is 3.92. The Hall–Kier alpha value is -4.36. The van der Waals surface area contributed by atoms with Crippen LogP contribution in [-0.4, -0.2) is 24.5 Å². The van der Waals surface area contributed by atoms with Gasteiger partial charge in [0.05, 0.1) is 12.3 Å². The van der Waals surface area contributed by atoms with E-state index in [9.17, 15) is 14.4 Å². The topological polar surface area (TPSA) is 84.9 Å². The summed E-state index contributed by atoms with van der Waals surface area (Å²) in [4.78, 5) is 39.2. The summed E-state index contributed by atoms with van der Waals surface area (Å²) in [5.41, 5.74) is 2.37. The van der Waals surface area contributed by atoms with Crippen LogP contribution in [0.25, 0.3) is 6.08 Å². The molecule has 0 unspecified atom stereocenters. The van der Waals surface area contributed by atoms with Crippen LogP contribution in [0.5, 0.6) is 11.5 Å². The summed E-state index contributed by atoms with van der Waals surface area (Å²) >= 11 is 6.10. The molecule has 7 nitrogen and oxygen atoms in total. The normalized spacial score (nSPS) is 14.5. The first-order chi connectivity index (χ1) is 17.9. The van der Waals surface area contributed by atoms with Gasteiger partial charge in [-0.25, -0.2) is 9.69 Å². The molecule has 3 aromatic carbocycles. The van der Waals surface area contributed by atoms with E-state index in [1.165, 1.54) is 6.08 Å². The molecular formula is C29H25ClN2O5. The van der Waals surface area contributed by atoms with Gasteiger partial charge in [-0.05, 0) is 66.9 Å². The smallest absolute Gasteiger partial charge is 0.335 e. The molecule has 37 heavy (non-hydrogen) atoms. The third-order valence-electron chi connectivity index (χ3n) is 5.52. The molecular weight excluding hydrogens is 492 g/mol. The summed E-state index contributed by atoms with van der Waals surface area (Å²) < 4.78 is 12.0. The van der Waals surface area contributed by atoms with Crippen molar-refractivity contribution in [1.29, 1.82) is 0 Å². The second-order valence-corrected chi connectivity index (χ2v) is 8.58. The second kappa shape index (κ2) is 11.6. The first-order valence-electron chi connectivity index (χ1n) is 11.7. The Bertz CT molecular complexity index is 1380. The van der Waals surface area contributed by atoms with Gasteiger partial charge in [0.1, 0.15) is 12.2 Å². The van der Waals surface area contributed by atoms with Crippen LogP contribution >= 0.6 is 11.6 Å². The van der Waals surface area contributed by atoms with Crippen molar-refractivity contribution in [2.24, 2.45) is 0 Å². The van der Waals surface area contributed by atoms with Gasteiger partial charge >= 0.3 is 6.03 Å². The van der Waals surface area contributed by atoms with Crippen molar-refractivity contribution in [3.8, 4) is 11.5 Å². The van der Waals surface area contributed by atoms with Crippen molar-refractivity contribution in [3.05, 3.63) is 107 Å². The first-order valence-corrected chi connectivity index (χ1v) is 12.0. The molecule has 1 heterocycles. The molecule has 0 atom stereocenters. The number of carbonyl (C=O) groups excluding carboxylic acids is 3. The molecule has 4 amide bonds. The first kappa shape index (κ1) is 25.7. The highest BCUT2D eigenvalue weighted by atomic mass is 35.5. The number of barbiturate groups is 1. The van der Waals surface area contributed by atoms with Crippen LogP contribution in [0.15, 0.2) is 85.0 Å². The minimum Gasteiger partial charge on any atom is -0.490 e. The molecule has 3 aromatic rings. The van der Waals surface area contributed by atoms with Crippen LogP contribution in [0.1, 0.15) is 23.6 Å². The van der Waals surface area contributed by atoms with Crippen LogP contribution < -0.4 is 19.7 Å². The SMILES string of the molecule is C=CCc1cc(/C=C2\C(=O)NC(=O)N(c3ccccc3)C2=O)cc(OCC)c1OCc1cccc(Cl)c1. The van der Waals surface area contributed by atoms with Gasteiger partial charge in [0.15, 0.2) is 11.5 Å². The zero-order chi connectivity index (χ0) is 26.4. The van der Waals surface area contributed by atoms with E-state index in [0.717, 1.165) is 16.0 Å². The predicted octanol–water partition coefficient (Wildman–Crippen LogP) is 5.71. The molecule has 188 valence electrons. The summed E-state index contributed by atoms with van der Waals surface area (Å²) in [5.74, 6) is -0.504. The molecule has 1 fully saturated rings. The third kappa shape index (κ3) is 5.90. The van der Waals surface area contributed by atoms with Crippen molar-refractivity contribution in [1.82, 2.24) is 5.32 Å². The van der Waals surface area contributed by atoms with Gasteiger partial charge in [0, 0.05) is 10.6 Å². The van der Waals surface area contributed by atoms with Gasteiger partial charge < -0.3 is 9.47 Å². The number of nitrogens with zero attached hydrogens (tertiary/aromatic N) is 1. The van der Waals surface area contributed by atoms with Crippen molar-refractivity contribution >= 4 is 41.2 Å². The van der Waals surface area contributed by atoms with E-state index in [1.807, 2.05) is 25.1 Å². The number of rotatable bonds is 9. The Kier molecular flexibility index (Phi) is 8.05. The van der Waals surface area contributed by atoms with Crippen LogP contribution in [0, 0.1) is 0 Å². The van der Waals surface area contributed by atoms with Gasteiger partial charge in [-0.1, -0.05) is 48.0 Å². The Morgan fingerprint density at radius 2 is 1.78 bits per heavy atom. The molecule has 1 aliphatic heterocycles. The lowest BCUT2D eigenvalue weighted by atomic mass is 10.0. The lowest BCUT2D eigenvalue weighted by Gasteiger charge is -2.26. The number of allylic oxidation sites excluding steroid dienone is 1. The van der Waals surface area contributed by atoms with Crippen LogP contribution in [0.2, 0.25) is 5.02 Å². The number of anilines is 1. The predicted molar refractivity (Wildman–Crippen MR) is 143 cm³/mol. The number of amides is 4. The van der Waals surface area contributed by atoms with E-state index in [0.29, 0.717) is 40.8 Å². The third-order valence-corrected chi connectivity index (χ3v) is 5.75. The molecule has 0 radical (unpaired) electrons. The highest BCUT2D eigenvalue weighted by Crippen LogP contribution is 2.36. The summed E-state index contributed by atoms with van der Waals surface area (Å²) in [6.07, 6.45) is 3.62. The molecule has 0 aromatic heterocycles. The fraction of sp³-hybridized carbons (Fsp3) is 0.138. The maximum atomic E-state index is 13.2. The minimum absolute atomic E-state index is 0.178. The number of carbonyl (C=O) groups is 3. The maximum Gasteiger partial charge on any atom is 0.335 e. The second-order valence-electron chi connectivity index (χ2n) is 8.15. The Morgan fingerprint density at radius 3 is 2.49 bits per heavy atom. The number of imide groups is 2. The van der Waals surface area contributed by atoms with Gasteiger partial charge in [0.25, 0.3) is 11.8 Å². The lowest BCUT2D eigenvalue weighted by molar-refractivity contribution is -0.122. The zero-order valence-corrected chi connectivity index (χ0v) is 21.0. The average Bonchev–Trinajstić information content (AvgIpc) is 2.87. The van der Waals surface area contributed by atoms with Crippen LogP contribution in [0.4, 0.5) is 10.5 Å². The number of nitrogens with one attached hydrogen (secondary N) is 1. The fourth-order valence-corrected chi connectivity index (χ4v) is 4.13. The minimum atomic E-state index is -0.800. The largest absolute Gasteiger partial charge is 0.490 e. The highest BCUT2D eigenvalue weighted by molar-refractivity contribution is 6.39. The summed E-state index contributed by atoms with van der Waals surface area (Å²) in [7, 11) is 0. The van der Waals surface area contributed by atoms with Crippen molar-refractivity contribution < 1.29 is 23.9 Å². The molecule has 8 heteroatoms. The average molecular weight is 517 g/mol. The van der Waals surface area contributed by atoms with E-state index >= 15 is 0 Å². The van der Waals surface area contributed by atoms with Crippen molar-refractivity contribution in [2.45, 2.75) is 20.0 Å². The number of halogens is 1. The van der Waals surface area contributed by atoms with E-state index in [4.69, 9.17) is 21.1 Å². The van der Waals surface area contributed by atoms with Crippen molar-refractivity contribution in [2.75, 3.05) is 11.5 Å². The van der Waals surface area contributed by atoms with Gasteiger partial charge in [-0.15, -0.1) is 6.58 Å². The lowest BCUT2D eigenvalue weighted by Crippen LogP contribution is -2.54. The summed E-state index contributed by atoms with van der Waals surface area (Å²) in [6.45, 7) is 6.32. The molecule has 1 aliphatic rings. The molecule has 0 aliphatic carbocycles. The Morgan fingerprint density at radius 1 is 1.00 bits per heavy atom. The summed E-state index contributed by atoms with van der Waals surface area (Å²) in [6, 6.07) is 18.5. The number of hydrogen-bond acceptors (Lipinski definition) is 5. The van der Waals surface area contributed by atoms with Gasteiger partial charge in [-0.3, -0.25) is 14.9 Å². The number of benzene rings is 3. The number of para-hydroxylation sites is 1. The van der Waals surface area contributed by atoms with Crippen molar-refractivity contribution in [3.63, 3.8) is 0 Å². The standard InChI is InChI=1S/C29H25ClN2O5/c1-3-9-21-14-20(17-25(36-4-2)26(21)37-18-19-10-8-11-22(30)15-19)16-24-27(33)31-29(35)32(28(24)34)23-12-6-5-7-13-23/h3,5-8,10-17H,1,4,9,18H2,2H3,(H,31,33,35)/b24-16+. The van der Waals surface area contributed by atoms with Crippen LogP contribution in [0.3, 0.4) is 0 Å². The van der Waals surface area contributed by atoms with E-state index in [1.54, 1.807) is 54.6 Å². The van der Waals surface area contributed by atoms with E-state index < -0.39 is 17.8 Å². The van der Waals surface area contributed by atoms with Gasteiger partial charge in [0.2, 0.25) is 0 Å². The summed E-state index contributed by atoms with van der Waals surface area (Å²) in [5, 5.41) is 2.85. The monoisotopic (exact) mass is 516 g/mol. The maximum absolute atomic E-state index is 13.2. The molecule has 1 saturated heterocycles. The molecule has 0 saturated carbocycles. The quantitative estimate of drug-likeness (QED) is 0.223.